The Hall–Kier alpha value is -1.29. The fourth-order valence-corrected chi connectivity index (χ4v) is 1.01. The van der Waals surface area contributed by atoms with Gasteiger partial charge in [-0.05, 0) is 33.8 Å². The lowest BCUT2D eigenvalue weighted by molar-refractivity contribution is 0.0241. The zero-order valence-electron chi connectivity index (χ0n) is 9.70. The first kappa shape index (κ1) is 11.8. The van der Waals surface area contributed by atoms with E-state index in [1.165, 1.54) is 0 Å². The Morgan fingerprint density at radius 1 is 1.33 bits per heavy atom. The van der Waals surface area contributed by atoms with Gasteiger partial charge in [0.25, 0.3) is 0 Å². The zero-order chi connectivity index (χ0) is 11.7. The van der Waals surface area contributed by atoms with Gasteiger partial charge in [-0.2, -0.15) is 0 Å². The third kappa shape index (κ3) is 2.59. The smallest absolute Gasteiger partial charge is 0.0814 e. The van der Waals surface area contributed by atoms with Gasteiger partial charge in [0.1, 0.15) is 0 Å². The molecule has 0 saturated heterocycles. The third-order valence-electron chi connectivity index (χ3n) is 2.83. The number of anilines is 2. The number of pyridine rings is 1. The molecule has 0 aliphatic carbocycles. The van der Waals surface area contributed by atoms with Crippen LogP contribution in [0.4, 0.5) is 11.4 Å². The monoisotopic (exact) mass is 209 g/mol. The predicted molar refractivity (Wildman–Crippen MR) is 62.6 cm³/mol. The number of hydrogen-bond donors (Lipinski definition) is 3. The quantitative estimate of drug-likeness (QED) is 0.707. The molecule has 1 rings (SSSR count). The van der Waals surface area contributed by atoms with Crippen molar-refractivity contribution in [2.24, 2.45) is 0 Å². The second kappa shape index (κ2) is 3.70. The lowest BCUT2D eigenvalue weighted by Gasteiger charge is -2.39. The van der Waals surface area contributed by atoms with E-state index in [0.717, 1.165) is 5.69 Å². The molecule has 4 heteroatoms. The average Bonchev–Trinajstić information content (AvgIpc) is 2.06. The van der Waals surface area contributed by atoms with Gasteiger partial charge < -0.3 is 16.2 Å². The first-order valence-electron chi connectivity index (χ1n) is 4.94. The summed E-state index contributed by atoms with van der Waals surface area (Å²) in [4.78, 5) is 3.91. The summed E-state index contributed by atoms with van der Waals surface area (Å²) in [5.74, 6) is 0. The summed E-state index contributed by atoms with van der Waals surface area (Å²) in [7, 11) is 0. The first-order valence-corrected chi connectivity index (χ1v) is 4.94. The maximum absolute atomic E-state index is 9.98. The largest absolute Gasteiger partial charge is 0.396 e. The summed E-state index contributed by atoms with van der Waals surface area (Å²) >= 11 is 0. The Morgan fingerprint density at radius 2 is 1.93 bits per heavy atom. The summed E-state index contributed by atoms with van der Waals surface area (Å²) in [6.45, 7) is 7.37. The van der Waals surface area contributed by atoms with Gasteiger partial charge in [0.2, 0.25) is 0 Å². The van der Waals surface area contributed by atoms with E-state index in [9.17, 15) is 5.11 Å². The van der Waals surface area contributed by atoms with Crippen molar-refractivity contribution in [1.82, 2.24) is 4.98 Å². The highest BCUT2D eigenvalue weighted by molar-refractivity contribution is 5.65. The van der Waals surface area contributed by atoms with E-state index in [1.807, 2.05) is 13.8 Å². The minimum absolute atomic E-state index is 0.470. The second-order valence-electron chi connectivity index (χ2n) is 4.77. The number of hydrogen-bond acceptors (Lipinski definition) is 4. The Bertz CT molecular complexity index is 342. The average molecular weight is 209 g/mol. The molecule has 0 aliphatic heterocycles. The number of aromatic nitrogens is 1. The van der Waals surface area contributed by atoms with E-state index in [2.05, 4.69) is 10.3 Å². The van der Waals surface area contributed by atoms with Crippen molar-refractivity contribution in [3.63, 3.8) is 0 Å². The van der Waals surface area contributed by atoms with Gasteiger partial charge in [-0.15, -0.1) is 0 Å². The summed E-state index contributed by atoms with van der Waals surface area (Å²) in [5.41, 5.74) is 5.82. The normalized spacial score (nSPS) is 12.6. The van der Waals surface area contributed by atoms with Crippen LogP contribution in [0.2, 0.25) is 0 Å². The van der Waals surface area contributed by atoms with Crippen LogP contribution in [-0.4, -0.2) is 21.2 Å². The Kier molecular flexibility index (Phi) is 2.90. The van der Waals surface area contributed by atoms with Crippen LogP contribution < -0.4 is 11.1 Å². The second-order valence-corrected chi connectivity index (χ2v) is 4.77. The standard InChI is InChI=1S/C11H19N3O/c1-10(2,11(3,4)15)14-9-5-6-13-7-8(9)12/h5-7,15H,12H2,1-4H3,(H,13,14). The molecule has 0 radical (unpaired) electrons. The van der Waals surface area contributed by atoms with Crippen LogP contribution in [0.15, 0.2) is 18.5 Å². The minimum atomic E-state index is -0.845. The van der Waals surface area contributed by atoms with Crippen LogP contribution in [0.25, 0.3) is 0 Å². The molecule has 0 fully saturated rings. The van der Waals surface area contributed by atoms with E-state index in [-0.39, 0.29) is 0 Å². The van der Waals surface area contributed by atoms with Crippen molar-refractivity contribution in [3.8, 4) is 0 Å². The van der Waals surface area contributed by atoms with Crippen LogP contribution in [0.1, 0.15) is 27.7 Å². The number of nitrogens with zero attached hydrogens (tertiary/aromatic N) is 1. The van der Waals surface area contributed by atoms with E-state index in [4.69, 9.17) is 5.73 Å². The zero-order valence-corrected chi connectivity index (χ0v) is 9.70. The topological polar surface area (TPSA) is 71.2 Å². The molecule has 4 N–H and O–H groups in total. The van der Waals surface area contributed by atoms with E-state index in [1.54, 1.807) is 32.3 Å². The van der Waals surface area contributed by atoms with Crippen molar-refractivity contribution < 1.29 is 5.11 Å². The molecule has 0 aliphatic rings. The van der Waals surface area contributed by atoms with Crippen molar-refractivity contribution in [3.05, 3.63) is 18.5 Å². The van der Waals surface area contributed by atoms with E-state index >= 15 is 0 Å². The molecule has 84 valence electrons. The number of nitrogen functional groups attached to an aromatic ring is 1. The fraction of sp³-hybridized carbons (Fsp3) is 0.545. The van der Waals surface area contributed by atoms with Gasteiger partial charge in [0.15, 0.2) is 0 Å². The lowest BCUT2D eigenvalue weighted by Crippen LogP contribution is -2.51. The molecule has 1 aromatic heterocycles. The highest BCUT2D eigenvalue weighted by atomic mass is 16.3. The summed E-state index contributed by atoms with van der Waals surface area (Å²) in [6, 6.07) is 1.79. The number of aliphatic hydroxyl groups is 1. The molecule has 0 aromatic carbocycles. The van der Waals surface area contributed by atoms with Crippen LogP contribution in [0.3, 0.4) is 0 Å². The Labute approximate surface area is 90.5 Å². The maximum atomic E-state index is 9.98. The van der Waals surface area contributed by atoms with Gasteiger partial charge >= 0.3 is 0 Å². The first-order chi connectivity index (χ1) is 6.74. The van der Waals surface area contributed by atoms with Crippen LogP contribution in [-0.2, 0) is 0 Å². The molecule has 0 amide bonds. The lowest BCUT2D eigenvalue weighted by atomic mass is 9.86. The fourth-order valence-electron chi connectivity index (χ4n) is 1.01. The van der Waals surface area contributed by atoms with Gasteiger partial charge in [0, 0.05) is 6.20 Å². The van der Waals surface area contributed by atoms with Crippen LogP contribution in [0.5, 0.6) is 0 Å². The summed E-state index contributed by atoms with van der Waals surface area (Å²) < 4.78 is 0. The van der Waals surface area contributed by atoms with Crippen LogP contribution in [0, 0.1) is 0 Å². The van der Waals surface area contributed by atoms with Gasteiger partial charge in [-0.1, -0.05) is 0 Å². The predicted octanol–water partition coefficient (Wildman–Crippen LogP) is 1.63. The SMILES string of the molecule is CC(C)(O)C(C)(C)Nc1ccncc1N. The number of rotatable bonds is 3. The molecule has 1 aromatic rings. The summed E-state index contributed by atoms with van der Waals surface area (Å²) in [6.07, 6.45) is 3.25. The molecule has 0 saturated carbocycles. The maximum Gasteiger partial charge on any atom is 0.0814 e. The highest BCUT2D eigenvalue weighted by Gasteiger charge is 2.35. The summed E-state index contributed by atoms with van der Waals surface area (Å²) in [5, 5.41) is 13.2. The molecule has 0 bridgehead atoms. The minimum Gasteiger partial charge on any atom is -0.396 e. The van der Waals surface area contributed by atoms with E-state index < -0.39 is 11.1 Å². The highest BCUT2D eigenvalue weighted by Crippen LogP contribution is 2.28. The third-order valence-corrected chi connectivity index (χ3v) is 2.83. The molecule has 0 atom stereocenters. The molecule has 1 heterocycles. The van der Waals surface area contributed by atoms with Gasteiger partial charge in [0.05, 0.1) is 28.7 Å². The Balaban J connectivity index is 2.92. The van der Waals surface area contributed by atoms with Crippen molar-refractivity contribution in [1.29, 1.82) is 0 Å². The molecule has 0 spiro atoms. The molecule has 4 nitrogen and oxygen atoms in total. The molecular formula is C11H19N3O. The molecule has 15 heavy (non-hydrogen) atoms. The molecular weight excluding hydrogens is 190 g/mol. The Morgan fingerprint density at radius 3 is 2.40 bits per heavy atom. The van der Waals surface area contributed by atoms with Gasteiger partial charge in [-0.25, -0.2) is 0 Å². The molecule has 0 unspecified atom stereocenters. The number of nitrogens with one attached hydrogen (secondary N) is 1. The van der Waals surface area contributed by atoms with Crippen molar-refractivity contribution in [2.45, 2.75) is 38.8 Å². The number of nitrogens with two attached hydrogens (primary N) is 1. The van der Waals surface area contributed by atoms with Crippen LogP contribution >= 0.6 is 0 Å². The van der Waals surface area contributed by atoms with Crippen molar-refractivity contribution in [2.75, 3.05) is 11.1 Å². The van der Waals surface area contributed by atoms with E-state index in [0.29, 0.717) is 5.69 Å². The van der Waals surface area contributed by atoms with Crippen molar-refractivity contribution >= 4 is 11.4 Å². The van der Waals surface area contributed by atoms with Gasteiger partial charge in [-0.3, -0.25) is 4.98 Å².